The first kappa shape index (κ1) is 14.5. The fraction of sp³-hybridized carbons (Fsp3) is 0.812. The maximum absolute atomic E-state index is 4.95. The highest BCUT2D eigenvalue weighted by atomic mass is 32.1. The molecule has 0 unspecified atom stereocenters. The average molecular weight is 293 g/mol. The van der Waals surface area contributed by atoms with Crippen LogP contribution >= 0.6 is 11.3 Å². The maximum atomic E-state index is 4.95. The molecule has 3 rings (SSSR count). The zero-order valence-corrected chi connectivity index (χ0v) is 13.5. The molecule has 1 aromatic rings. The minimum Gasteiger partial charge on any atom is -0.315 e. The smallest absolute Gasteiger partial charge is 0.0944 e. The van der Waals surface area contributed by atoms with Crippen molar-refractivity contribution >= 4 is 11.3 Å². The lowest BCUT2D eigenvalue weighted by molar-refractivity contribution is 0.288. The molecule has 2 heterocycles. The normalized spacial score (nSPS) is 21.1. The second-order valence-electron chi connectivity index (χ2n) is 6.23. The maximum Gasteiger partial charge on any atom is 0.0944 e. The predicted octanol–water partition coefficient (Wildman–Crippen LogP) is 3.16. The van der Waals surface area contributed by atoms with Crippen molar-refractivity contribution < 1.29 is 0 Å². The van der Waals surface area contributed by atoms with Crippen LogP contribution in [0.2, 0.25) is 0 Å². The van der Waals surface area contributed by atoms with Gasteiger partial charge in [0.25, 0.3) is 0 Å². The van der Waals surface area contributed by atoms with E-state index in [1.165, 1.54) is 73.7 Å². The Bertz CT molecular complexity index is 417. The third-order valence-corrected chi connectivity index (χ3v) is 5.54. The summed E-state index contributed by atoms with van der Waals surface area (Å²) in [7, 11) is 2.04. The molecule has 4 heteroatoms. The van der Waals surface area contributed by atoms with Crippen molar-refractivity contribution in [3.05, 3.63) is 15.6 Å². The second-order valence-corrected chi connectivity index (χ2v) is 7.39. The molecule has 1 saturated heterocycles. The van der Waals surface area contributed by atoms with Gasteiger partial charge in [-0.25, -0.2) is 4.98 Å². The van der Waals surface area contributed by atoms with Crippen LogP contribution in [-0.4, -0.2) is 36.6 Å². The molecular weight excluding hydrogens is 266 g/mol. The molecule has 1 aromatic heterocycles. The van der Waals surface area contributed by atoms with Crippen LogP contribution in [0.3, 0.4) is 0 Å². The zero-order valence-electron chi connectivity index (χ0n) is 12.7. The Morgan fingerprint density at radius 1 is 1.20 bits per heavy atom. The summed E-state index contributed by atoms with van der Waals surface area (Å²) in [6.45, 7) is 4.79. The summed E-state index contributed by atoms with van der Waals surface area (Å²) < 4.78 is 0. The van der Waals surface area contributed by atoms with Crippen molar-refractivity contribution in [2.24, 2.45) is 0 Å². The molecule has 1 aliphatic heterocycles. The second kappa shape index (κ2) is 7.01. The lowest BCUT2D eigenvalue weighted by Crippen LogP contribution is -2.26. The quantitative estimate of drug-likeness (QED) is 0.873. The van der Waals surface area contributed by atoms with E-state index >= 15 is 0 Å². The highest BCUT2D eigenvalue weighted by Gasteiger charge is 2.29. The van der Waals surface area contributed by atoms with Crippen molar-refractivity contribution in [2.45, 2.75) is 57.4 Å². The first-order valence-electron chi connectivity index (χ1n) is 8.22. The van der Waals surface area contributed by atoms with Gasteiger partial charge < -0.3 is 10.2 Å². The Labute approximate surface area is 126 Å². The van der Waals surface area contributed by atoms with Gasteiger partial charge in [0.2, 0.25) is 0 Å². The number of nitrogens with zero attached hydrogens (tertiary/aromatic N) is 2. The molecule has 0 aromatic carbocycles. The Morgan fingerprint density at radius 2 is 1.95 bits per heavy atom. The third kappa shape index (κ3) is 3.80. The van der Waals surface area contributed by atoms with E-state index in [-0.39, 0.29) is 0 Å². The van der Waals surface area contributed by atoms with E-state index in [1.54, 1.807) is 0 Å². The summed E-state index contributed by atoms with van der Waals surface area (Å²) in [4.78, 5) is 9.08. The van der Waals surface area contributed by atoms with Crippen LogP contribution in [0.5, 0.6) is 0 Å². The predicted molar refractivity (Wildman–Crippen MR) is 85.5 cm³/mol. The van der Waals surface area contributed by atoms with Gasteiger partial charge in [-0.2, -0.15) is 0 Å². The number of thiazole rings is 1. The van der Waals surface area contributed by atoms with E-state index in [2.05, 4.69) is 10.2 Å². The zero-order chi connectivity index (χ0) is 13.8. The van der Waals surface area contributed by atoms with Crippen LogP contribution in [0.25, 0.3) is 0 Å². The van der Waals surface area contributed by atoms with E-state index in [9.17, 15) is 0 Å². The van der Waals surface area contributed by atoms with Crippen LogP contribution in [0, 0.1) is 0 Å². The number of aromatic nitrogens is 1. The summed E-state index contributed by atoms with van der Waals surface area (Å²) in [5, 5.41) is 4.66. The van der Waals surface area contributed by atoms with Crippen LogP contribution in [-0.2, 0) is 13.0 Å². The van der Waals surface area contributed by atoms with Gasteiger partial charge in [-0.05, 0) is 45.8 Å². The topological polar surface area (TPSA) is 28.2 Å². The number of hydrogen-bond donors (Lipinski definition) is 1. The molecule has 1 saturated carbocycles. The van der Waals surface area contributed by atoms with E-state index in [4.69, 9.17) is 4.98 Å². The molecule has 0 spiro atoms. The van der Waals surface area contributed by atoms with Gasteiger partial charge >= 0.3 is 0 Å². The van der Waals surface area contributed by atoms with E-state index < -0.39 is 0 Å². The molecule has 2 fully saturated rings. The summed E-state index contributed by atoms with van der Waals surface area (Å²) in [5.41, 5.74) is 1.41. The highest BCUT2D eigenvalue weighted by molar-refractivity contribution is 7.11. The first-order valence-corrected chi connectivity index (χ1v) is 9.04. The molecule has 0 radical (unpaired) electrons. The molecule has 1 aliphatic carbocycles. The molecule has 1 N–H and O–H groups in total. The largest absolute Gasteiger partial charge is 0.315 e. The number of rotatable bonds is 6. The van der Waals surface area contributed by atoms with Crippen LogP contribution in [0.4, 0.5) is 0 Å². The standard InChI is InChI=1S/C16H27N3S/c1-17-12-14-16(13-6-7-13)18-15(20-14)8-11-19-9-4-2-3-5-10-19/h13,17H,2-12H2,1H3. The van der Waals surface area contributed by atoms with Gasteiger partial charge in [0.1, 0.15) is 0 Å². The monoisotopic (exact) mass is 293 g/mol. The number of hydrogen-bond acceptors (Lipinski definition) is 4. The molecule has 0 amide bonds. The molecule has 20 heavy (non-hydrogen) atoms. The fourth-order valence-corrected chi connectivity index (χ4v) is 4.25. The summed E-state index contributed by atoms with van der Waals surface area (Å²) >= 11 is 1.95. The van der Waals surface area contributed by atoms with Crippen molar-refractivity contribution in [3.8, 4) is 0 Å². The van der Waals surface area contributed by atoms with E-state index in [1.807, 2.05) is 18.4 Å². The van der Waals surface area contributed by atoms with Crippen LogP contribution in [0.1, 0.15) is 60.0 Å². The Hall–Kier alpha value is -0.450. The lowest BCUT2D eigenvalue weighted by atomic mass is 10.2. The summed E-state index contributed by atoms with van der Waals surface area (Å²) in [5.74, 6) is 0.779. The van der Waals surface area contributed by atoms with Gasteiger partial charge in [0.05, 0.1) is 10.7 Å². The third-order valence-electron chi connectivity index (χ3n) is 4.41. The minimum absolute atomic E-state index is 0.779. The van der Waals surface area contributed by atoms with Crippen LogP contribution < -0.4 is 5.32 Å². The molecule has 0 bridgehead atoms. The van der Waals surface area contributed by atoms with Crippen LogP contribution in [0.15, 0.2) is 0 Å². The van der Waals surface area contributed by atoms with E-state index in [0.717, 1.165) is 18.9 Å². The SMILES string of the molecule is CNCc1sc(CCN2CCCCCC2)nc1C1CC1. The first-order chi connectivity index (χ1) is 9.86. The molecular formula is C16H27N3S. The Balaban J connectivity index is 1.57. The molecule has 3 nitrogen and oxygen atoms in total. The van der Waals surface area contributed by atoms with Gasteiger partial charge in [0, 0.05) is 30.3 Å². The molecule has 2 aliphatic rings. The van der Waals surface area contributed by atoms with Crippen molar-refractivity contribution in [3.63, 3.8) is 0 Å². The van der Waals surface area contributed by atoms with Crippen molar-refractivity contribution in [1.29, 1.82) is 0 Å². The number of nitrogens with one attached hydrogen (secondary N) is 1. The van der Waals surface area contributed by atoms with Crippen molar-refractivity contribution in [1.82, 2.24) is 15.2 Å². The van der Waals surface area contributed by atoms with Gasteiger partial charge in [0.15, 0.2) is 0 Å². The Kier molecular flexibility index (Phi) is 5.08. The van der Waals surface area contributed by atoms with Gasteiger partial charge in [-0.1, -0.05) is 12.8 Å². The highest BCUT2D eigenvalue weighted by Crippen LogP contribution is 2.42. The fourth-order valence-electron chi connectivity index (χ4n) is 3.10. The van der Waals surface area contributed by atoms with E-state index in [0.29, 0.717) is 0 Å². The van der Waals surface area contributed by atoms with Gasteiger partial charge in [-0.3, -0.25) is 0 Å². The summed E-state index contributed by atoms with van der Waals surface area (Å²) in [6.07, 6.45) is 9.47. The van der Waals surface area contributed by atoms with Gasteiger partial charge in [-0.15, -0.1) is 11.3 Å². The number of likely N-dealkylation sites (tertiary alicyclic amines) is 1. The lowest BCUT2D eigenvalue weighted by Gasteiger charge is -2.18. The Morgan fingerprint density at radius 3 is 2.60 bits per heavy atom. The minimum atomic E-state index is 0.779. The average Bonchev–Trinajstić information content (AvgIpc) is 3.25. The summed E-state index contributed by atoms with van der Waals surface area (Å²) in [6, 6.07) is 0. The molecule has 0 atom stereocenters. The van der Waals surface area contributed by atoms with Crippen molar-refractivity contribution in [2.75, 3.05) is 26.7 Å². The molecule has 112 valence electrons.